The van der Waals surface area contributed by atoms with Crippen molar-refractivity contribution in [1.29, 1.82) is 0 Å². The summed E-state index contributed by atoms with van der Waals surface area (Å²) in [6.45, 7) is 15.8. The van der Waals surface area contributed by atoms with E-state index in [1.54, 1.807) is 61.8 Å². The van der Waals surface area contributed by atoms with E-state index < -0.39 is 58.9 Å². The Morgan fingerprint density at radius 2 is 1.00 bits per heavy atom. The van der Waals surface area contributed by atoms with Crippen molar-refractivity contribution in [3.05, 3.63) is 132 Å². The van der Waals surface area contributed by atoms with Gasteiger partial charge in [-0.3, -0.25) is 9.59 Å². The number of likely N-dealkylation sites (tertiary alicyclic amines) is 2. The summed E-state index contributed by atoms with van der Waals surface area (Å²) in [6.07, 6.45) is -1.25. The summed E-state index contributed by atoms with van der Waals surface area (Å²) in [4.78, 5) is 31.1. The molecule has 3 aromatic carbocycles. The van der Waals surface area contributed by atoms with Crippen LogP contribution in [0.1, 0.15) is 49.9 Å². The van der Waals surface area contributed by atoms with Crippen LogP contribution >= 0.6 is 0 Å². The summed E-state index contributed by atoms with van der Waals surface area (Å²) in [5.74, 6) is -2.80. The van der Waals surface area contributed by atoms with Gasteiger partial charge in [-0.2, -0.15) is 0 Å². The Morgan fingerprint density at radius 3 is 1.29 bits per heavy atom. The van der Waals surface area contributed by atoms with Crippen molar-refractivity contribution in [2.75, 3.05) is 13.2 Å². The Balaban J connectivity index is 1.19. The number of amides is 2. The predicted molar refractivity (Wildman–Crippen MR) is 193 cm³/mol. The molecule has 0 radical (unpaired) electrons. The van der Waals surface area contributed by atoms with Crippen molar-refractivity contribution in [2.24, 2.45) is 0 Å². The Hall–Kier alpha value is -4.60. The molecule has 4 aliphatic heterocycles. The number of nitrogens with zero attached hydrogens (tertiary/aromatic N) is 2. The van der Waals surface area contributed by atoms with Crippen molar-refractivity contribution < 1.29 is 38.7 Å². The van der Waals surface area contributed by atoms with Crippen LogP contribution in [0.5, 0.6) is 0 Å². The Bertz CT molecular complexity index is 1820. The van der Waals surface area contributed by atoms with Crippen LogP contribution in [0.3, 0.4) is 0 Å². The van der Waals surface area contributed by atoms with Crippen LogP contribution in [-0.2, 0) is 41.6 Å². The summed E-state index contributed by atoms with van der Waals surface area (Å²) < 4.78 is 24.1. The highest BCUT2D eigenvalue weighted by molar-refractivity contribution is 6.07. The standard InChI is InChI=1S/C42H44N2O8/c1-7-31(41(47)35(33-25-49-39(3,4)51-33)43(37(41)45)23-27-15-11-9-12-16-27)29-19-21-30(22-20-29)32(8-2)42(48)36(34-26-50-40(5,6)52-34)44(38(42)46)24-28-17-13-10-14-18-28/h9-22,33-36,47-48H,1-2,23-26H2,3-6H3. The van der Waals surface area contributed by atoms with Gasteiger partial charge in [-0.1, -0.05) is 98.1 Å². The molecule has 4 saturated heterocycles. The highest BCUT2D eigenvalue weighted by Crippen LogP contribution is 2.49. The van der Waals surface area contributed by atoms with Crippen LogP contribution in [0.2, 0.25) is 0 Å². The molecule has 0 saturated carbocycles. The van der Waals surface area contributed by atoms with Crippen molar-refractivity contribution in [1.82, 2.24) is 9.80 Å². The molecule has 270 valence electrons. The van der Waals surface area contributed by atoms with Crippen LogP contribution < -0.4 is 0 Å². The van der Waals surface area contributed by atoms with Crippen LogP contribution in [0.4, 0.5) is 0 Å². The number of hydrogen-bond acceptors (Lipinski definition) is 8. The van der Waals surface area contributed by atoms with Gasteiger partial charge in [0.15, 0.2) is 22.8 Å². The van der Waals surface area contributed by atoms with Crippen molar-refractivity contribution >= 4 is 23.0 Å². The summed E-state index contributed by atoms with van der Waals surface area (Å²) >= 11 is 0. The average molecular weight is 705 g/mol. The number of aliphatic hydroxyl groups is 2. The lowest BCUT2D eigenvalue weighted by molar-refractivity contribution is -0.204. The van der Waals surface area contributed by atoms with Gasteiger partial charge in [0.1, 0.15) is 24.3 Å². The van der Waals surface area contributed by atoms with E-state index in [-0.39, 0.29) is 37.4 Å². The van der Waals surface area contributed by atoms with Gasteiger partial charge in [-0.25, -0.2) is 0 Å². The molecule has 52 heavy (non-hydrogen) atoms. The molecule has 10 heteroatoms. The van der Waals surface area contributed by atoms with E-state index in [1.807, 2.05) is 60.7 Å². The molecule has 7 rings (SSSR count). The number of β-lactam (4-membered cyclic amide) rings is 2. The minimum atomic E-state index is -2.01. The number of ether oxygens (including phenoxy) is 4. The number of benzene rings is 3. The van der Waals surface area contributed by atoms with Crippen LogP contribution in [0.25, 0.3) is 11.1 Å². The lowest BCUT2D eigenvalue weighted by Gasteiger charge is -2.55. The molecule has 2 N–H and O–H groups in total. The summed E-state index contributed by atoms with van der Waals surface area (Å²) in [6, 6.07) is 24.3. The molecule has 0 bridgehead atoms. The SMILES string of the molecule is C=C=C(c1ccc(C(=C=C)C2(O)C(=O)N(Cc3ccccc3)C2C2COC(C)(C)O2)cc1)C1(O)C(=O)N(Cc2ccccc2)C1C1COC(C)(C)O1. The minimum absolute atomic E-state index is 0.178. The molecule has 3 aromatic rings. The largest absolute Gasteiger partial charge is 0.373 e. The molecule has 4 aliphatic rings. The third-order valence-electron chi connectivity index (χ3n) is 10.4. The van der Waals surface area contributed by atoms with E-state index in [0.29, 0.717) is 11.1 Å². The normalized spacial score (nSPS) is 30.3. The first kappa shape index (κ1) is 35.8. The van der Waals surface area contributed by atoms with E-state index >= 15 is 0 Å². The molecule has 0 spiro atoms. The van der Waals surface area contributed by atoms with Gasteiger partial charge in [-0.05, 0) is 49.9 Å². The first-order chi connectivity index (χ1) is 24.7. The number of hydrogen-bond donors (Lipinski definition) is 2. The molecule has 4 heterocycles. The van der Waals surface area contributed by atoms with Crippen LogP contribution in [-0.4, -0.2) is 92.1 Å². The van der Waals surface area contributed by atoms with E-state index in [1.165, 1.54) is 0 Å². The highest BCUT2D eigenvalue weighted by atomic mass is 16.7. The topological polar surface area (TPSA) is 118 Å². The highest BCUT2D eigenvalue weighted by Gasteiger charge is 2.68. The van der Waals surface area contributed by atoms with Gasteiger partial charge < -0.3 is 39.0 Å². The zero-order valence-corrected chi connectivity index (χ0v) is 29.9. The number of carbonyl (C=O) groups is 2. The molecule has 10 nitrogen and oxygen atoms in total. The molecule has 4 fully saturated rings. The smallest absolute Gasteiger partial charge is 0.262 e. The maximum atomic E-state index is 14.0. The Kier molecular flexibility index (Phi) is 9.02. The van der Waals surface area contributed by atoms with Gasteiger partial charge >= 0.3 is 0 Å². The Labute approximate surface area is 303 Å². The zero-order chi connectivity index (χ0) is 37.1. The summed E-state index contributed by atoms with van der Waals surface area (Å²) in [5.41, 5.74) is 4.79. The fourth-order valence-corrected chi connectivity index (χ4v) is 8.07. The first-order valence-corrected chi connectivity index (χ1v) is 17.4. The molecule has 0 aromatic heterocycles. The quantitative estimate of drug-likeness (QED) is 0.232. The average Bonchev–Trinajstić information content (AvgIpc) is 3.68. The van der Waals surface area contributed by atoms with Gasteiger partial charge in [-0.15, -0.1) is 11.5 Å². The third kappa shape index (κ3) is 5.88. The predicted octanol–water partition coefficient (Wildman–Crippen LogP) is 4.61. The number of carbonyl (C=O) groups excluding carboxylic acids is 2. The van der Waals surface area contributed by atoms with E-state index in [9.17, 15) is 19.8 Å². The fourth-order valence-electron chi connectivity index (χ4n) is 8.07. The summed E-state index contributed by atoms with van der Waals surface area (Å²) in [7, 11) is 0. The fraction of sp³-hybridized carbons (Fsp3) is 0.381. The van der Waals surface area contributed by atoms with Gasteiger partial charge in [0, 0.05) is 24.2 Å². The molecule has 2 amide bonds. The lowest BCUT2D eigenvalue weighted by atomic mass is 9.70. The maximum Gasteiger partial charge on any atom is 0.262 e. The van der Waals surface area contributed by atoms with Crippen molar-refractivity contribution in [3.63, 3.8) is 0 Å². The number of rotatable bonds is 10. The van der Waals surface area contributed by atoms with Gasteiger partial charge in [0.25, 0.3) is 11.8 Å². The molecule has 6 unspecified atom stereocenters. The van der Waals surface area contributed by atoms with E-state index in [0.717, 1.165) is 11.1 Å². The first-order valence-electron chi connectivity index (χ1n) is 17.4. The zero-order valence-electron chi connectivity index (χ0n) is 29.9. The van der Waals surface area contributed by atoms with E-state index in [4.69, 9.17) is 18.9 Å². The second-order valence-corrected chi connectivity index (χ2v) is 14.7. The second kappa shape index (κ2) is 13.1. The second-order valence-electron chi connectivity index (χ2n) is 14.7. The van der Waals surface area contributed by atoms with Crippen LogP contribution in [0.15, 0.2) is 110 Å². The monoisotopic (exact) mass is 704 g/mol. The molecule has 0 aliphatic carbocycles. The minimum Gasteiger partial charge on any atom is -0.373 e. The third-order valence-corrected chi connectivity index (χ3v) is 10.4. The molecular formula is C42H44N2O8. The Morgan fingerprint density at radius 1 is 0.654 bits per heavy atom. The molecule has 6 atom stereocenters. The summed E-state index contributed by atoms with van der Waals surface area (Å²) in [5, 5.41) is 24.6. The van der Waals surface area contributed by atoms with Crippen molar-refractivity contribution in [3.8, 4) is 0 Å². The molecular weight excluding hydrogens is 660 g/mol. The van der Waals surface area contributed by atoms with Gasteiger partial charge in [0.2, 0.25) is 0 Å². The lowest BCUT2D eigenvalue weighted by Crippen LogP contribution is -2.77. The van der Waals surface area contributed by atoms with Crippen LogP contribution in [0, 0.1) is 0 Å². The van der Waals surface area contributed by atoms with E-state index in [2.05, 4.69) is 24.6 Å². The van der Waals surface area contributed by atoms with Gasteiger partial charge in [0.05, 0.1) is 13.2 Å². The van der Waals surface area contributed by atoms with Crippen molar-refractivity contribution in [2.45, 2.75) is 87.9 Å². The maximum absolute atomic E-state index is 14.0.